The van der Waals surface area contributed by atoms with E-state index in [0.717, 1.165) is 35.6 Å². The number of rotatable bonds is 8. The molecule has 1 atom stereocenters. The van der Waals surface area contributed by atoms with Gasteiger partial charge in [-0.3, -0.25) is 0 Å². The van der Waals surface area contributed by atoms with E-state index in [1.165, 1.54) is 6.07 Å². The molecule has 0 aliphatic heterocycles. The Morgan fingerprint density at radius 3 is 2.78 bits per heavy atom. The highest BCUT2D eigenvalue weighted by Gasteiger charge is 2.10. The third-order valence-corrected chi connectivity index (χ3v) is 3.77. The van der Waals surface area contributed by atoms with Crippen LogP contribution in [0.4, 0.5) is 4.39 Å². The summed E-state index contributed by atoms with van der Waals surface area (Å²) in [5, 5.41) is 3.49. The van der Waals surface area contributed by atoms with Crippen molar-refractivity contribution in [3.05, 3.63) is 42.2 Å². The van der Waals surface area contributed by atoms with Crippen molar-refractivity contribution < 1.29 is 4.39 Å². The molecule has 0 saturated heterocycles. The van der Waals surface area contributed by atoms with E-state index >= 15 is 0 Å². The predicted octanol–water partition coefficient (Wildman–Crippen LogP) is 4.25. The van der Waals surface area contributed by atoms with Crippen LogP contribution in [-0.4, -0.2) is 18.3 Å². The largest absolute Gasteiger partial charge is 0.313 e. The number of nitrogens with one attached hydrogen (secondary N) is 1. The lowest BCUT2D eigenvalue weighted by Crippen LogP contribution is -2.32. The second kappa shape index (κ2) is 8.33. The van der Waals surface area contributed by atoms with E-state index in [9.17, 15) is 4.39 Å². The van der Waals surface area contributed by atoms with Crippen molar-refractivity contribution in [1.82, 2.24) is 5.32 Å². The van der Waals surface area contributed by atoms with Crippen LogP contribution in [0.1, 0.15) is 26.7 Å². The fourth-order valence-electron chi connectivity index (χ4n) is 1.71. The number of hydrogen-bond acceptors (Lipinski definition) is 2. The molecule has 100 valence electrons. The highest BCUT2D eigenvalue weighted by Crippen LogP contribution is 2.23. The second-order valence-corrected chi connectivity index (χ2v) is 5.62. The van der Waals surface area contributed by atoms with E-state index in [2.05, 4.69) is 18.8 Å². The van der Waals surface area contributed by atoms with Crippen LogP contribution in [0.5, 0.6) is 0 Å². The molecule has 1 nitrogen and oxygen atoms in total. The number of hydrogen-bond donors (Lipinski definition) is 1. The van der Waals surface area contributed by atoms with Crippen molar-refractivity contribution in [2.75, 3.05) is 12.3 Å². The van der Waals surface area contributed by atoms with Gasteiger partial charge in [-0.05, 0) is 38.4 Å². The third-order valence-electron chi connectivity index (χ3n) is 2.55. The molecule has 0 spiro atoms. The normalized spacial score (nSPS) is 12.4. The molecule has 0 heterocycles. The first-order valence-electron chi connectivity index (χ1n) is 6.38. The topological polar surface area (TPSA) is 12.0 Å². The van der Waals surface area contributed by atoms with Gasteiger partial charge in [-0.15, -0.1) is 18.3 Å². The van der Waals surface area contributed by atoms with Crippen LogP contribution in [0.3, 0.4) is 0 Å². The van der Waals surface area contributed by atoms with Crippen LogP contribution in [0, 0.1) is 5.82 Å². The molecule has 0 fully saturated rings. The van der Waals surface area contributed by atoms with Crippen molar-refractivity contribution in [1.29, 1.82) is 0 Å². The van der Waals surface area contributed by atoms with Crippen molar-refractivity contribution in [2.45, 2.75) is 37.6 Å². The number of halogens is 1. The van der Waals surface area contributed by atoms with E-state index < -0.39 is 0 Å². The van der Waals surface area contributed by atoms with Crippen LogP contribution in [0.2, 0.25) is 0 Å². The average Bonchev–Trinajstić information content (AvgIpc) is 2.34. The molecule has 18 heavy (non-hydrogen) atoms. The maximum absolute atomic E-state index is 13.5. The van der Waals surface area contributed by atoms with Gasteiger partial charge in [0.25, 0.3) is 0 Å². The van der Waals surface area contributed by atoms with Gasteiger partial charge in [0.1, 0.15) is 5.82 Å². The molecule has 0 aliphatic carbocycles. The van der Waals surface area contributed by atoms with Gasteiger partial charge in [0.15, 0.2) is 0 Å². The van der Waals surface area contributed by atoms with Crippen molar-refractivity contribution >= 4 is 11.8 Å². The van der Waals surface area contributed by atoms with Gasteiger partial charge in [-0.2, -0.15) is 0 Å². The zero-order chi connectivity index (χ0) is 13.4. The molecule has 0 radical (unpaired) electrons. The molecule has 0 aliphatic rings. The standard InChI is InChI=1S/C15H22FNS/c1-4-9-17-13(10-12(2)3)11-18-15-8-6-5-7-14(15)16/h5-8,13,17H,2,4,9-11H2,1,3H3. The molecule has 1 aromatic carbocycles. The molecule has 1 rings (SSSR count). The van der Waals surface area contributed by atoms with Gasteiger partial charge >= 0.3 is 0 Å². The lowest BCUT2D eigenvalue weighted by atomic mass is 10.1. The Hall–Kier alpha value is -0.800. The summed E-state index contributed by atoms with van der Waals surface area (Å²) in [5.74, 6) is 0.736. The molecule has 0 saturated carbocycles. The van der Waals surface area contributed by atoms with Crippen LogP contribution in [0.15, 0.2) is 41.3 Å². The summed E-state index contributed by atoms with van der Waals surface area (Å²) < 4.78 is 13.5. The number of thioether (sulfide) groups is 1. The third kappa shape index (κ3) is 5.69. The Morgan fingerprint density at radius 1 is 1.44 bits per heavy atom. The summed E-state index contributed by atoms with van der Waals surface area (Å²) >= 11 is 1.57. The molecule has 0 amide bonds. The van der Waals surface area contributed by atoms with E-state index in [0.29, 0.717) is 6.04 Å². The minimum atomic E-state index is -0.132. The number of benzene rings is 1. The van der Waals surface area contributed by atoms with Crippen molar-refractivity contribution in [3.8, 4) is 0 Å². The van der Waals surface area contributed by atoms with Crippen molar-refractivity contribution in [2.24, 2.45) is 0 Å². The van der Waals surface area contributed by atoms with E-state index in [4.69, 9.17) is 0 Å². The summed E-state index contributed by atoms with van der Waals surface area (Å²) in [5.41, 5.74) is 1.16. The van der Waals surface area contributed by atoms with E-state index in [-0.39, 0.29) is 5.82 Å². The Kier molecular flexibility index (Phi) is 7.06. The zero-order valence-electron chi connectivity index (χ0n) is 11.2. The molecule has 3 heteroatoms. The Bertz CT molecular complexity index is 379. The quantitative estimate of drug-likeness (QED) is 0.558. The first kappa shape index (κ1) is 15.3. The lowest BCUT2D eigenvalue weighted by molar-refractivity contribution is 0.548. The van der Waals surface area contributed by atoms with Gasteiger partial charge in [0.2, 0.25) is 0 Å². The summed E-state index contributed by atoms with van der Waals surface area (Å²) in [6.45, 7) is 9.13. The van der Waals surface area contributed by atoms with Crippen LogP contribution >= 0.6 is 11.8 Å². The monoisotopic (exact) mass is 267 g/mol. The van der Waals surface area contributed by atoms with Gasteiger partial charge in [-0.1, -0.05) is 24.6 Å². The Balaban J connectivity index is 2.50. The molecule has 1 N–H and O–H groups in total. The molecule has 1 aromatic rings. The summed E-state index contributed by atoms with van der Waals surface area (Å²) in [6, 6.07) is 7.30. The molecule has 1 unspecified atom stereocenters. The molecular weight excluding hydrogens is 245 g/mol. The Morgan fingerprint density at radius 2 is 2.17 bits per heavy atom. The van der Waals surface area contributed by atoms with E-state index in [1.54, 1.807) is 17.8 Å². The minimum absolute atomic E-state index is 0.132. The fraction of sp³-hybridized carbons (Fsp3) is 0.467. The minimum Gasteiger partial charge on any atom is -0.313 e. The summed E-state index contributed by atoms with van der Waals surface area (Å²) in [6.07, 6.45) is 2.05. The lowest BCUT2D eigenvalue weighted by Gasteiger charge is -2.18. The predicted molar refractivity (Wildman–Crippen MR) is 78.6 cm³/mol. The summed E-state index contributed by atoms with van der Waals surface area (Å²) in [4.78, 5) is 0.725. The fourth-order valence-corrected chi connectivity index (χ4v) is 2.71. The van der Waals surface area contributed by atoms with Gasteiger partial charge in [0, 0.05) is 16.7 Å². The Labute approximate surface area is 114 Å². The van der Waals surface area contributed by atoms with Gasteiger partial charge in [0.05, 0.1) is 0 Å². The smallest absolute Gasteiger partial charge is 0.136 e. The maximum Gasteiger partial charge on any atom is 0.136 e. The van der Waals surface area contributed by atoms with E-state index in [1.807, 2.05) is 19.1 Å². The highest BCUT2D eigenvalue weighted by molar-refractivity contribution is 7.99. The highest BCUT2D eigenvalue weighted by atomic mass is 32.2. The average molecular weight is 267 g/mol. The van der Waals surface area contributed by atoms with Gasteiger partial charge < -0.3 is 5.32 Å². The van der Waals surface area contributed by atoms with Crippen LogP contribution in [-0.2, 0) is 0 Å². The van der Waals surface area contributed by atoms with Gasteiger partial charge in [-0.25, -0.2) is 4.39 Å². The first-order valence-corrected chi connectivity index (χ1v) is 7.37. The zero-order valence-corrected chi connectivity index (χ0v) is 12.0. The SMILES string of the molecule is C=C(C)CC(CSc1ccccc1F)NCCC. The maximum atomic E-state index is 13.5. The first-order chi connectivity index (χ1) is 8.63. The van der Waals surface area contributed by atoms with Crippen molar-refractivity contribution in [3.63, 3.8) is 0 Å². The second-order valence-electron chi connectivity index (χ2n) is 4.55. The van der Waals surface area contributed by atoms with Crippen LogP contribution in [0.25, 0.3) is 0 Å². The molecular formula is C15H22FNS. The van der Waals surface area contributed by atoms with Crippen LogP contribution < -0.4 is 5.32 Å². The molecule has 0 bridgehead atoms. The molecule has 0 aromatic heterocycles. The summed E-state index contributed by atoms with van der Waals surface area (Å²) in [7, 11) is 0.